The van der Waals surface area contributed by atoms with Gasteiger partial charge < -0.3 is 15.7 Å². The Morgan fingerprint density at radius 3 is 2.55 bits per heavy atom. The van der Waals surface area contributed by atoms with E-state index in [1.54, 1.807) is 4.90 Å². The van der Waals surface area contributed by atoms with Crippen molar-refractivity contribution in [3.63, 3.8) is 0 Å². The zero-order valence-electron chi connectivity index (χ0n) is 11.4. The van der Waals surface area contributed by atoms with Crippen LogP contribution in [0.3, 0.4) is 0 Å². The second kappa shape index (κ2) is 5.33. The van der Waals surface area contributed by atoms with Crippen LogP contribution in [0.15, 0.2) is 0 Å². The fraction of sp³-hybridized carbons (Fsp3) is 0.833. The summed E-state index contributed by atoms with van der Waals surface area (Å²) in [6.07, 6.45) is 3.14. The number of carbonyl (C=O) groups excluding carboxylic acids is 1. The van der Waals surface area contributed by atoms with Gasteiger partial charge in [-0.3, -0.25) is 9.59 Å². The van der Waals surface area contributed by atoms with E-state index in [1.807, 2.05) is 0 Å². The molecule has 0 saturated carbocycles. The third-order valence-corrected chi connectivity index (χ3v) is 5.20. The number of hydrogen-bond donors (Lipinski definition) is 2. The zero-order chi connectivity index (χ0) is 15.1. The van der Waals surface area contributed by atoms with Gasteiger partial charge in [0.05, 0.1) is 17.7 Å². The zero-order valence-corrected chi connectivity index (χ0v) is 12.2. The molecule has 0 aromatic carbocycles. The van der Waals surface area contributed by atoms with E-state index in [4.69, 9.17) is 10.8 Å². The van der Waals surface area contributed by atoms with Gasteiger partial charge in [0.1, 0.15) is 9.84 Å². The summed E-state index contributed by atoms with van der Waals surface area (Å²) in [5, 5.41) is 9.14. The molecule has 114 valence electrons. The van der Waals surface area contributed by atoms with Gasteiger partial charge in [-0.15, -0.1) is 0 Å². The molecule has 2 aliphatic heterocycles. The molecule has 4 atom stereocenters. The summed E-state index contributed by atoms with van der Waals surface area (Å²) < 4.78 is 22.2. The molecule has 1 amide bonds. The summed E-state index contributed by atoms with van der Waals surface area (Å²) in [6.45, 7) is 0. The molecule has 0 aliphatic carbocycles. The summed E-state index contributed by atoms with van der Waals surface area (Å²) in [5.41, 5.74) is 5.77. The predicted molar refractivity (Wildman–Crippen MR) is 71.7 cm³/mol. The molecule has 7 nitrogen and oxygen atoms in total. The molecule has 4 unspecified atom stereocenters. The lowest BCUT2D eigenvalue weighted by Gasteiger charge is -2.26. The Kier molecular flexibility index (Phi) is 4.06. The third-order valence-electron chi connectivity index (χ3n) is 4.23. The fourth-order valence-electron chi connectivity index (χ4n) is 3.25. The smallest absolute Gasteiger partial charge is 0.308 e. The minimum Gasteiger partial charge on any atom is -0.481 e. The van der Waals surface area contributed by atoms with Gasteiger partial charge in [0.25, 0.3) is 0 Å². The largest absolute Gasteiger partial charge is 0.481 e. The van der Waals surface area contributed by atoms with E-state index in [0.717, 1.165) is 12.7 Å². The highest BCUT2D eigenvalue weighted by Crippen LogP contribution is 2.42. The summed E-state index contributed by atoms with van der Waals surface area (Å²) >= 11 is 0. The van der Waals surface area contributed by atoms with Gasteiger partial charge in [-0.1, -0.05) is 0 Å². The van der Waals surface area contributed by atoms with E-state index >= 15 is 0 Å². The number of carboxylic acid groups (broad SMARTS) is 1. The highest BCUT2D eigenvalue weighted by atomic mass is 32.2. The molecule has 2 bridgehead atoms. The molecule has 0 aromatic rings. The van der Waals surface area contributed by atoms with Gasteiger partial charge in [-0.25, -0.2) is 8.42 Å². The normalized spacial score (nSPS) is 30.5. The number of rotatable bonds is 5. The predicted octanol–water partition coefficient (Wildman–Crippen LogP) is -0.787. The van der Waals surface area contributed by atoms with Gasteiger partial charge in [0, 0.05) is 18.3 Å². The number of carbonyl (C=O) groups is 2. The number of amides is 1. The van der Waals surface area contributed by atoms with E-state index in [9.17, 15) is 18.0 Å². The van der Waals surface area contributed by atoms with Crippen LogP contribution in [0.1, 0.15) is 25.7 Å². The van der Waals surface area contributed by atoms with Crippen molar-refractivity contribution in [3.05, 3.63) is 0 Å². The Bertz CT molecular complexity index is 518. The second-order valence-electron chi connectivity index (χ2n) is 5.75. The fourth-order valence-corrected chi connectivity index (χ4v) is 3.94. The summed E-state index contributed by atoms with van der Waals surface area (Å²) in [4.78, 5) is 25.0. The second-order valence-corrected chi connectivity index (χ2v) is 8.01. The molecule has 0 radical (unpaired) electrons. The maximum Gasteiger partial charge on any atom is 0.308 e. The summed E-state index contributed by atoms with van der Waals surface area (Å²) in [7, 11) is -3.16. The van der Waals surface area contributed by atoms with Gasteiger partial charge >= 0.3 is 5.97 Å². The van der Waals surface area contributed by atoms with Crippen molar-refractivity contribution in [3.8, 4) is 0 Å². The molecule has 0 spiro atoms. The lowest BCUT2D eigenvalue weighted by atomic mass is 9.89. The van der Waals surface area contributed by atoms with Crippen LogP contribution >= 0.6 is 0 Å². The number of nitrogens with two attached hydrogens (primary N) is 1. The first-order chi connectivity index (χ1) is 9.20. The number of nitrogens with zero attached hydrogens (tertiary/aromatic N) is 1. The van der Waals surface area contributed by atoms with Crippen LogP contribution < -0.4 is 5.73 Å². The molecule has 2 saturated heterocycles. The van der Waals surface area contributed by atoms with Crippen LogP contribution in [0.4, 0.5) is 0 Å². The van der Waals surface area contributed by atoms with E-state index in [1.165, 1.54) is 0 Å². The Morgan fingerprint density at radius 2 is 2.05 bits per heavy atom. The third kappa shape index (κ3) is 2.95. The van der Waals surface area contributed by atoms with Gasteiger partial charge in [0.2, 0.25) is 5.91 Å². The quantitative estimate of drug-likeness (QED) is 0.687. The van der Waals surface area contributed by atoms with Crippen LogP contribution in [0.5, 0.6) is 0 Å². The Morgan fingerprint density at radius 1 is 1.40 bits per heavy atom. The van der Waals surface area contributed by atoms with Crippen LogP contribution in [-0.2, 0) is 19.4 Å². The molecule has 2 fully saturated rings. The molecule has 8 heteroatoms. The number of sulfone groups is 1. The van der Waals surface area contributed by atoms with Crippen LogP contribution in [-0.4, -0.2) is 60.4 Å². The Hall–Kier alpha value is -1.15. The first-order valence-corrected chi connectivity index (χ1v) is 8.75. The monoisotopic (exact) mass is 304 g/mol. The first kappa shape index (κ1) is 15.2. The molecule has 20 heavy (non-hydrogen) atoms. The van der Waals surface area contributed by atoms with Crippen molar-refractivity contribution < 1.29 is 23.1 Å². The minimum atomic E-state index is -3.16. The summed E-state index contributed by atoms with van der Waals surface area (Å²) in [5.74, 6) is -1.84. The number of hydrogen-bond acceptors (Lipinski definition) is 5. The first-order valence-electron chi connectivity index (χ1n) is 6.69. The van der Waals surface area contributed by atoms with E-state index in [2.05, 4.69) is 0 Å². The average molecular weight is 304 g/mol. The lowest BCUT2D eigenvalue weighted by molar-refractivity contribution is -0.143. The van der Waals surface area contributed by atoms with Crippen molar-refractivity contribution in [2.75, 3.05) is 12.0 Å². The van der Waals surface area contributed by atoms with Crippen LogP contribution in [0, 0.1) is 5.92 Å². The van der Waals surface area contributed by atoms with E-state index in [-0.39, 0.29) is 30.2 Å². The molecular formula is C12H20N2O5S. The molecule has 2 aliphatic rings. The van der Waals surface area contributed by atoms with Crippen molar-refractivity contribution in [1.82, 2.24) is 4.90 Å². The molecule has 3 N–H and O–H groups in total. The molecule has 2 heterocycles. The summed E-state index contributed by atoms with van der Waals surface area (Å²) in [6, 6.07) is -1.22. The maximum atomic E-state index is 12.3. The minimum absolute atomic E-state index is 0.0575. The SMILES string of the molecule is CS(=O)(=O)CCC(N)C(=O)N1C2CCC1C(C(=O)O)C2. The lowest BCUT2D eigenvalue weighted by Crippen LogP contribution is -2.47. The standard InChI is InChI=1S/C12H20N2O5S/c1-20(18,19)5-4-9(13)11(15)14-7-2-3-10(14)8(6-7)12(16)17/h7-10H,2-6,13H2,1H3,(H,16,17). The van der Waals surface area contributed by atoms with Gasteiger partial charge in [0.15, 0.2) is 0 Å². The maximum absolute atomic E-state index is 12.3. The molecule has 0 aromatic heterocycles. The van der Waals surface area contributed by atoms with Crippen molar-refractivity contribution in [1.29, 1.82) is 0 Å². The van der Waals surface area contributed by atoms with Crippen molar-refractivity contribution >= 4 is 21.7 Å². The van der Waals surface area contributed by atoms with E-state index < -0.39 is 27.8 Å². The topological polar surface area (TPSA) is 118 Å². The number of fused-ring (bicyclic) bond motifs is 2. The van der Waals surface area contributed by atoms with E-state index in [0.29, 0.717) is 12.8 Å². The van der Waals surface area contributed by atoms with Crippen LogP contribution in [0.2, 0.25) is 0 Å². The Labute approximate surface area is 118 Å². The number of aliphatic carboxylic acids is 1. The average Bonchev–Trinajstić information content (AvgIpc) is 2.91. The van der Waals surface area contributed by atoms with Crippen LogP contribution in [0.25, 0.3) is 0 Å². The highest BCUT2D eigenvalue weighted by Gasteiger charge is 2.51. The molecule has 2 rings (SSSR count). The van der Waals surface area contributed by atoms with Gasteiger partial charge in [-0.2, -0.15) is 0 Å². The van der Waals surface area contributed by atoms with Crippen molar-refractivity contribution in [2.45, 2.75) is 43.8 Å². The number of carboxylic acids is 1. The Balaban J connectivity index is 2.01. The molecular weight excluding hydrogens is 284 g/mol. The van der Waals surface area contributed by atoms with Gasteiger partial charge in [-0.05, 0) is 25.7 Å². The van der Waals surface area contributed by atoms with Crippen molar-refractivity contribution in [2.24, 2.45) is 11.7 Å². The highest BCUT2D eigenvalue weighted by molar-refractivity contribution is 7.90.